The maximum absolute atomic E-state index is 12.9. The van der Waals surface area contributed by atoms with Gasteiger partial charge in [-0.25, -0.2) is 0 Å². The van der Waals surface area contributed by atoms with E-state index >= 15 is 0 Å². The Kier molecular flexibility index (Phi) is 4.60. The molecule has 2 bridgehead atoms. The van der Waals surface area contributed by atoms with E-state index in [1.165, 1.54) is 0 Å². The first-order valence-corrected chi connectivity index (χ1v) is 8.21. The van der Waals surface area contributed by atoms with Gasteiger partial charge in [0.15, 0.2) is 5.78 Å². The van der Waals surface area contributed by atoms with Crippen LogP contribution in [0.25, 0.3) is 0 Å². The van der Waals surface area contributed by atoms with Crippen LogP contribution in [0.4, 0.5) is 5.69 Å². The minimum atomic E-state index is -1.18. The van der Waals surface area contributed by atoms with E-state index < -0.39 is 23.9 Å². The molecule has 2 fully saturated rings. The quantitative estimate of drug-likeness (QED) is 0.490. The zero-order chi connectivity index (χ0) is 17.4. The number of nitrogens with zero attached hydrogens (tertiary/aromatic N) is 2. The average Bonchev–Trinajstić information content (AvgIpc) is 2.82. The van der Waals surface area contributed by atoms with Crippen molar-refractivity contribution in [2.24, 2.45) is 16.8 Å². The number of fused-ring (bicyclic) bond motifs is 2. The molecule has 24 heavy (non-hydrogen) atoms. The number of Topliss-reactive ketones (excluding diaryl/α,β-unsaturated/α-hetero) is 1. The number of hydrogen-bond donors (Lipinski definition) is 2. The number of rotatable bonds is 4. The fraction of sp³-hybridized carbons (Fsp3) is 0.471. The molecule has 0 saturated carbocycles. The van der Waals surface area contributed by atoms with Crippen molar-refractivity contribution in [3.05, 3.63) is 29.8 Å². The summed E-state index contributed by atoms with van der Waals surface area (Å²) in [5, 5.41) is 22.3. The smallest absolute Gasteiger partial charge is 0.310 e. The lowest BCUT2D eigenvalue weighted by Crippen LogP contribution is -2.59. The third-order valence-corrected chi connectivity index (χ3v) is 5.38. The summed E-state index contributed by atoms with van der Waals surface area (Å²) in [5.41, 5.74) is 1.03. The molecule has 0 amide bonds. The highest BCUT2D eigenvalue weighted by molar-refractivity contribution is 7.78. The summed E-state index contributed by atoms with van der Waals surface area (Å²) in [7, 11) is 1.83. The number of carbonyl (C=O) groups excluding carboxylic acids is 1. The van der Waals surface area contributed by atoms with Crippen LogP contribution in [0.1, 0.15) is 23.2 Å². The van der Waals surface area contributed by atoms with Crippen molar-refractivity contribution in [1.29, 1.82) is 0 Å². The van der Waals surface area contributed by atoms with Gasteiger partial charge in [-0.15, -0.1) is 0 Å². The molecule has 3 rings (SSSR count). The Morgan fingerprint density at radius 2 is 1.79 bits per heavy atom. The number of carbonyl (C=O) groups is 2. The van der Waals surface area contributed by atoms with Crippen LogP contribution in [-0.4, -0.2) is 57.3 Å². The molecule has 5 atom stereocenters. The molecule has 6 nitrogen and oxygen atoms in total. The van der Waals surface area contributed by atoms with Gasteiger partial charge in [0.2, 0.25) is 0 Å². The summed E-state index contributed by atoms with van der Waals surface area (Å²) in [4.78, 5) is 30.3. The van der Waals surface area contributed by atoms with Crippen molar-refractivity contribution in [3.8, 4) is 0 Å². The number of aliphatic carboxylic acids is 1. The predicted molar refractivity (Wildman–Crippen MR) is 90.7 cm³/mol. The molecule has 1 aromatic rings. The molecule has 126 valence electrons. The lowest BCUT2D eigenvalue weighted by molar-refractivity contribution is -0.154. The van der Waals surface area contributed by atoms with Crippen LogP contribution in [0, 0.1) is 11.8 Å². The Hall–Kier alpha value is -1.92. The number of benzene rings is 1. The summed E-state index contributed by atoms with van der Waals surface area (Å²) in [6.45, 7) is 0. The number of aliphatic hydroxyl groups excluding tert-OH is 1. The van der Waals surface area contributed by atoms with E-state index in [-0.39, 0.29) is 17.9 Å². The number of piperidine rings is 1. The minimum Gasteiger partial charge on any atom is -0.481 e. The molecule has 2 aliphatic rings. The van der Waals surface area contributed by atoms with E-state index in [1.807, 2.05) is 11.9 Å². The lowest BCUT2D eigenvalue weighted by atomic mass is 9.76. The summed E-state index contributed by atoms with van der Waals surface area (Å²) >= 11 is 4.54. The molecule has 0 radical (unpaired) electrons. The fourth-order valence-electron chi connectivity index (χ4n) is 4.12. The number of isothiocyanates is 1. The fourth-order valence-corrected chi connectivity index (χ4v) is 4.23. The molecule has 1 aromatic carbocycles. The number of ketones is 1. The van der Waals surface area contributed by atoms with Crippen LogP contribution < -0.4 is 0 Å². The van der Waals surface area contributed by atoms with E-state index in [0.717, 1.165) is 0 Å². The molecule has 1 unspecified atom stereocenters. The van der Waals surface area contributed by atoms with Gasteiger partial charge < -0.3 is 10.2 Å². The minimum absolute atomic E-state index is 0.133. The highest BCUT2D eigenvalue weighted by Crippen LogP contribution is 2.43. The summed E-state index contributed by atoms with van der Waals surface area (Å²) in [6.07, 6.45) is 0.217. The van der Waals surface area contributed by atoms with Crippen LogP contribution in [0.3, 0.4) is 0 Å². The van der Waals surface area contributed by atoms with Gasteiger partial charge in [-0.2, -0.15) is 4.99 Å². The van der Waals surface area contributed by atoms with Gasteiger partial charge in [0.25, 0.3) is 0 Å². The zero-order valence-electron chi connectivity index (χ0n) is 13.1. The molecular weight excluding hydrogens is 328 g/mol. The molecule has 2 saturated heterocycles. The van der Waals surface area contributed by atoms with E-state index in [9.17, 15) is 19.8 Å². The largest absolute Gasteiger partial charge is 0.481 e. The van der Waals surface area contributed by atoms with Crippen molar-refractivity contribution in [2.75, 3.05) is 7.05 Å². The van der Waals surface area contributed by atoms with Gasteiger partial charge in [0, 0.05) is 17.6 Å². The standard InChI is InChI=1S/C17H18N2O4S/c1-19-11-6-7-12(19)14(17(22)23)16(21)13(11)15(20)9-2-4-10(5-3-9)18-8-24/h2-5,11-14,16,21H,6-7H2,1H3,(H,22,23)/t11-,12+,13?,14+,16-/m0/s1. The summed E-state index contributed by atoms with van der Waals surface area (Å²) in [5.74, 6) is -2.97. The summed E-state index contributed by atoms with van der Waals surface area (Å²) < 4.78 is 0. The first-order valence-electron chi connectivity index (χ1n) is 7.80. The third-order valence-electron chi connectivity index (χ3n) is 5.28. The summed E-state index contributed by atoms with van der Waals surface area (Å²) in [6, 6.07) is 6.20. The number of carboxylic acid groups (broad SMARTS) is 1. The Labute approximate surface area is 144 Å². The maximum Gasteiger partial charge on any atom is 0.310 e. The molecule has 2 aliphatic heterocycles. The highest BCUT2D eigenvalue weighted by Gasteiger charge is 2.55. The first kappa shape index (κ1) is 16.9. The Bertz CT molecular complexity index is 714. The number of carboxylic acids is 1. The third kappa shape index (κ3) is 2.70. The van der Waals surface area contributed by atoms with Crippen molar-refractivity contribution in [1.82, 2.24) is 4.90 Å². The molecule has 0 aliphatic carbocycles. The Balaban J connectivity index is 1.92. The lowest BCUT2D eigenvalue weighted by Gasteiger charge is -2.43. The Morgan fingerprint density at radius 1 is 1.21 bits per heavy atom. The molecule has 7 heteroatoms. The van der Waals surface area contributed by atoms with E-state index in [2.05, 4.69) is 22.4 Å². The van der Waals surface area contributed by atoms with Crippen molar-refractivity contribution in [3.63, 3.8) is 0 Å². The van der Waals surface area contributed by atoms with Crippen LogP contribution in [0.15, 0.2) is 29.3 Å². The first-order chi connectivity index (χ1) is 11.5. The van der Waals surface area contributed by atoms with Crippen LogP contribution >= 0.6 is 12.2 Å². The second-order valence-electron chi connectivity index (χ2n) is 6.37. The number of aliphatic imine (C=N–C) groups is 1. The number of hydrogen-bond acceptors (Lipinski definition) is 6. The highest BCUT2D eigenvalue weighted by atomic mass is 32.1. The van der Waals surface area contributed by atoms with Gasteiger partial charge in [-0.05, 0) is 56.4 Å². The van der Waals surface area contributed by atoms with Crippen LogP contribution in [0.2, 0.25) is 0 Å². The molecule has 0 aromatic heterocycles. The number of aliphatic hydroxyl groups is 1. The van der Waals surface area contributed by atoms with E-state index in [1.54, 1.807) is 24.3 Å². The molecular formula is C17H18N2O4S. The van der Waals surface area contributed by atoms with Gasteiger partial charge in [-0.1, -0.05) is 0 Å². The predicted octanol–water partition coefficient (Wildman–Crippen LogP) is 1.76. The van der Waals surface area contributed by atoms with Crippen molar-refractivity contribution >= 4 is 34.8 Å². The maximum atomic E-state index is 12.9. The topological polar surface area (TPSA) is 90.2 Å². The van der Waals surface area contributed by atoms with Gasteiger partial charge in [0.1, 0.15) is 0 Å². The second kappa shape index (κ2) is 6.53. The van der Waals surface area contributed by atoms with Crippen LogP contribution in [-0.2, 0) is 4.79 Å². The average molecular weight is 346 g/mol. The van der Waals surface area contributed by atoms with Gasteiger partial charge >= 0.3 is 5.97 Å². The monoisotopic (exact) mass is 346 g/mol. The molecule has 0 spiro atoms. The zero-order valence-corrected chi connectivity index (χ0v) is 13.9. The number of thiocarbonyl (C=S) groups is 1. The van der Waals surface area contributed by atoms with Crippen molar-refractivity contribution in [2.45, 2.75) is 31.0 Å². The van der Waals surface area contributed by atoms with E-state index in [4.69, 9.17) is 0 Å². The van der Waals surface area contributed by atoms with E-state index in [0.29, 0.717) is 24.1 Å². The van der Waals surface area contributed by atoms with Gasteiger partial charge in [-0.3, -0.25) is 14.5 Å². The molecule has 2 heterocycles. The normalized spacial score (nSPS) is 32.2. The Morgan fingerprint density at radius 3 is 2.33 bits per heavy atom. The van der Waals surface area contributed by atoms with Crippen molar-refractivity contribution < 1.29 is 19.8 Å². The van der Waals surface area contributed by atoms with Crippen LogP contribution in [0.5, 0.6) is 0 Å². The second-order valence-corrected chi connectivity index (χ2v) is 6.55. The SMILES string of the molecule is CN1[C@@H]2CC[C@H]1C(C(=O)c1ccc(N=C=S)cc1)[C@H](O)[C@@H]2C(=O)O. The van der Waals surface area contributed by atoms with Gasteiger partial charge in [0.05, 0.1) is 28.8 Å². The molecule has 2 N–H and O–H groups in total.